The molecule has 2 aromatic carbocycles. The van der Waals surface area contributed by atoms with Crippen molar-refractivity contribution in [1.29, 1.82) is 0 Å². The minimum Gasteiger partial charge on any atom is -0.478 e. The molecule has 2 N–H and O–H groups in total. The molecule has 0 saturated heterocycles. The number of aromatic amines is 1. The van der Waals surface area contributed by atoms with Crippen LogP contribution in [0.2, 0.25) is 0 Å². The lowest BCUT2D eigenvalue weighted by Crippen LogP contribution is -2.14. The van der Waals surface area contributed by atoms with Crippen molar-refractivity contribution in [1.82, 2.24) is 9.55 Å². The molecule has 0 amide bonds. The maximum Gasteiger partial charge on any atom is 0.335 e. The molecular weight excluding hydrogens is 336 g/mol. The number of hydrogen-bond acceptors (Lipinski definition) is 2. The fourth-order valence-electron chi connectivity index (χ4n) is 2.35. The Bertz CT molecular complexity index is 904. The molecule has 1 aromatic heterocycles. The summed E-state index contributed by atoms with van der Waals surface area (Å²) < 4.78 is 2.40. The van der Waals surface area contributed by atoms with Crippen LogP contribution in [0.3, 0.4) is 0 Å². The number of hydrogen-bond donors (Lipinski definition) is 2. The maximum atomic E-state index is 12.2. The first kappa shape index (κ1) is 13.6. The molecule has 0 unspecified atom stereocenters. The molecule has 0 atom stereocenters. The Labute approximate surface area is 128 Å². The average Bonchev–Trinajstić information content (AvgIpc) is 2.72. The van der Waals surface area contributed by atoms with E-state index < -0.39 is 5.97 Å². The Hall–Kier alpha value is -2.34. The van der Waals surface area contributed by atoms with Crippen LogP contribution in [0.5, 0.6) is 0 Å². The molecule has 3 rings (SSSR count). The number of nitrogens with zero attached hydrogens (tertiary/aromatic N) is 1. The van der Waals surface area contributed by atoms with Crippen molar-refractivity contribution in [3.8, 4) is 5.69 Å². The molecule has 0 aliphatic heterocycles. The van der Waals surface area contributed by atoms with Crippen LogP contribution in [0.1, 0.15) is 15.9 Å². The molecule has 0 saturated carbocycles. The summed E-state index contributed by atoms with van der Waals surface area (Å²) in [4.78, 5) is 25.9. The molecule has 0 radical (unpaired) electrons. The first-order chi connectivity index (χ1) is 9.95. The molecule has 106 valence electrons. The van der Waals surface area contributed by atoms with Crippen molar-refractivity contribution in [2.75, 3.05) is 0 Å². The molecule has 3 aromatic rings. The summed E-state index contributed by atoms with van der Waals surface area (Å²) >= 11 is 3.41. The van der Waals surface area contributed by atoms with Gasteiger partial charge in [-0.3, -0.25) is 4.57 Å². The van der Waals surface area contributed by atoms with Crippen LogP contribution < -0.4 is 5.69 Å². The molecule has 0 fully saturated rings. The summed E-state index contributed by atoms with van der Waals surface area (Å²) in [5.74, 6) is -1.02. The van der Waals surface area contributed by atoms with Gasteiger partial charge in [0.1, 0.15) is 0 Å². The van der Waals surface area contributed by atoms with Crippen LogP contribution in [0.4, 0.5) is 0 Å². The highest BCUT2D eigenvalue weighted by Crippen LogP contribution is 2.21. The highest BCUT2D eigenvalue weighted by Gasteiger charge is 2.12. The SMILES string of the molecule is Cc1cc(Br)cc(-n2c(=O)[nH]c3cc(C(=O)O)ccc32)c1. The van der Waals surface area contributed by atoms with Gasteiger partial charge in [-0.1, -0.05) is 15.9 Å². The second-order valence-electron chi connectivity index (χ2n) is 4.79. The van der Waals surface area contributed by atoms with E-state index >= 15 is 0 Å². The smallest absolute Gasteiger partial charge is 0.335 e. The predicted molar refractivity (Wildman–Crippen MR) is 83.3 cm³/mol. The van der Waals surface area contributed by atoms with E-state index in [1.807, 2.05) is 25.1 Å². The standard InChI is InChI=1S/C15H11BrN2O3/c1-8-4-10(16)7-11(5-8)18-13-3-2-9(14(19)20)6-12(13)17-15(18)21/h2-7H,1H3,(H,17,21)(H,19,20). The number of carboxylic acid groups (broad SMARTS) is 1. The van der Waals surface area contributed by atoms with Gasteiger partial charge in [0.15, 0.2) is 0 Å². The Morgan fingerprint density at radius 3 is 2.67 bits per heavy atom. The number of halogens is 1. The average molecular weight is 347 g/mol. The first-order valence-electron chi connectivity index (χ1n) is 6.21. The lowest BCUT2D eigenvalue weighted by molar-refractivity contribution is 0.0697. The number of imidazole rings is 1. The number of aromatic nitrogens is 2. The number of nitrogens with one attached hydrogen (secondary N) is 1. The highest BCUT2D eigenvalue weighted by molar-refractivity contribution is 9.10. The summed E-state index contributed by atoms with van der Waals surface area (Å²) in [6.45, 7) is 1.94. The normalized spacial score (nSPS) is 11.0. The summed E-state index contributed by atoms with van der Waals surface area (Å²) in [6.07, 6.45) is 0. The molecule has 0 aliphatic rings. The van der Waals surface area contributed by atoms with Gasteiger partial charge in [-0.05, 0) is 48.9 Å². The third-order valence-corrected chi connectivity index (χ3v) is 3.67. The van der Waals surface area contributed by atoms with Crippen LogP contribution in [0.15, 0.2) is 45.7 Å². The molecule has 21 heavy (non-hydrogen) atoms. The molecular formula is C15H11BrN2O3. The molecule has 0 bridgehead atoms. The number of aryl methyl sites for hydroxylation is 1. The van der Waals surface area contributed by atoms with Crippen LogP contribution >= 0.6 is 15.9 Å². The highest BCUT2D eigenvalue weighted by atomic mass is 79.9. The number of fused-ring (bicyclic) bond motifs is 1. The van der Waals surface area contributed by atoms with E-state index in [2.05, 4.69) is 20.9 Å². The van der Waals surface area contributed by atoms with E-state index in [1.54, 1.807) is 6.07 Å². The molecule has 6 heteroatoms. The quantitative estimate of drug-likeness (QED) is 0.748. The van der Waals surface area contributed by atoms with E-state index in [0.29, 0.717) is 11.0 Å². The van der Waals surface area contributed by atoms with Crippen LogP contribution in [0, 0.1) is 6.92 Å². The maximum absolute atomic E-state index is 12.2. The number of H-pyrrole nitrogens is 1. The summed E-state index contributed by atoms with van der Waals surface area (Å²) in [5, 5.41) is 9.01. The summed E-state index contributed by atoms with van der Waals surface area (Å²) in [5.41, 5.74) is 2.72. The lowest BCUT2D eigenvalue weighted by Gasteiger charge is -2.06. The Morgan fingerprint density at radius 1 is 1.24 bits per heavy atom. The number of rotatable bonds is 2. The Kier molecular flexibility index (Phi) is 3.17. The predicted octanol–water partition coefficient (Wildman–Crippen LogP) is 3.09. The minimum atomic E-state index is -1.02. The van der Waals surface area contributed by atoms with Crippen molar-refractivity contribution in [3.05, 3.63) is 62.5 Å². The van der Waals surface area contributed by atoms with Gasteiger partial charge in [0, 0.05) is 4.47 Å². The fourth-order valence-corrected chi connectivity index (χ4v) is 2.94. The first-order valence-corrected chi connectivity index (χ1v) is 7.00. The molecule has 0 aliphatic carbocycles. The van der Waals surface area contributed by atoms with E-state index in [0.717, 1.165) is 15.7 Å². The van der Waals surface area contributed by atoms with E-state index in [4.69, 9.17) is 5.11 Å². The number of aromatic carboxylic acids is 1. The molecule has 0 spiro atoms. The van der Waals surface area contributed by atoms with Crippen LogP contribution in [-0.2, 0) is 0 Å². The van der Waals surface area contributed by atoms with Crippen molar-refractivity contribution in [2.45, 2.75) is 6.92 Å². The number of carboxylic acids is 1. The Morgan fingerprint density at radius 2 is 2.00 bits per heavy atom. The van der Waals surface area contributed by atoms with Crippen LogP contribution in [0.25, 0.3) is 16.7 Å². The largest absolute Gasteiger partial charge is 0.478 e. The lowest BCUT2D eigenvalue weighted by atomic mass is 10.2. The van der Waals surface area contributed by atoms with Gasteiger partial charge in [0.25, 0.3) is 0 Å². The molecule has 5 nitrogen and oxygen atoms in total. The Balaban J connectivity index is 2.30. The van der Waals surface area contributed by atoms with Crippen molar-refractivity contribution >= 4 is 32.9 Å². The van der Waals surface area contributed by atoms with Crippen molar-refractivity contribution < 1.29 is 9.90 Å². The van der Waals surface area contributed by atoms with E-state index in [9.17, 15) is 9.59 Å². The monoisotopic (exact) mass is 346 g/mol. The van der Waals surface area contributed by atoms with Gasteiger partial charge in [-0.15, -0.1) is 0 Å². The fraction of sp³-hybridized carbons (Fsp3) is 0.0667. The second kappa shape index (κ2) is 4.89. The van der Waals surface area contributed by atoms with Gasteiger partial charge < -0.3 is 10.1 Å². The zero-order valence-corrected chi connectivity index (χ0v) is 12.6. The van der Waals surface area contributed by atoms with Gasteiger partial charge in [-0.25, -0.2) is 9.59 Å². The topological polar surface area (TPSA) is 75.1 Å². The van der Waals surface area contributed by atoms with Gasteiger partial charge in [0.2, 0.25) is 0 Å². The van der Waals surface area contributed by atoms with Crippen molar-refractivity contribution in [3.63, 3.8) is 0 Å². The van der Waals surface area contributed by atoms with Crippen molar-refractivity contribution in [2.24, 2.45) is 0 Å². The summed E-state index contributed by atoms with van der Waals surface area (Å²) in [6, 6.07) is 10.3. The van der Waals surface area contributed by atoms with E-state index in [-0.39, 0.29) is 11.3 Å². The third kappa shape index (κ3) is 2.38. The zero-order chi connectivity index (χ0) is 15.1. The van der Waals surface area contributed by atoms with Crippen LogP contribution in [-0.4, -0.2) is 20.6 Å². The van der Waals surface area contributed by atoms with Gasteiger partial charge in [-0.2, -0.15) is 0 Å². The van der Waals surface area contributed by atoms with Gasteiger partial charge in [0.05, 0.1) is 22.3 Å². The van der Waals surface area contributed by atoms with Gasteiger partial charge >= 0.3 is 11.7 Å². The zero-order valence-electron chi connectivity index (χ0n) is 11.1. The third-order valence-electron chi connectivity index (χ3n) is 3.21. The summed E-state index contributed by atoms with van der Waals surface area (Å²) in [7, 11) is 0. The number of carbonyl (C=O) groups is 1. The second-order valence-corrected chi connectivity index (χ2v) is 5.71. The molecule has 1 heterocycles. The van der Waals surface area contributed by atoms with E-state index in [1.165, 1.54) is 16.7 Å². The number of benzene rings is 2. The minimum absolute atomic E-state index is 0.140.